The molecule has 1 saturated carbocycles. The minimum Gasteiger partial charge on any atom is -0.478 e. The molecule has 2 aliphatic heterocycles. The number of likely N-dealkylation sites (tertiary alicyclic amines) is 1. The normalized spacial score (nSPS) is 22.2. The third-order valence-corrected chi connectivity index (χ3v) is 7.42. The first-order valence-electron chi connectivity index (χ1n) is 11.5. The lowest BCUT2D eigenvalue weighted by Crippen LogP contribution is -2.42. The minimum atomic E-state index is -3.78. The first-order chi connectivity index (χ1) is 17.6. The Morgan fingerprint density at radius 1 is 1.22 bits per heavy atom. The summed E-state index contributed by atoms with van der Waals surface area (Å²) in [5.41, 5.74) is 6.63. The summed E-state index contributed by atoms with van der Waals surface area (Å²) in [4.78, 5) is 30.8. The van der Waals surface area contributed by atoms with Crippen molar-refractivity contribution in [1.82, 2.24) is 9.88 Å². The molecule has 2 fully saturated rings. The predicted octanol–water partition coefficient (Wildman–Crippen LogP) is 4.53. The Bertz CT molecular complexity index is 1380. The van der Waals surface area contributed by atoms with E-state index in [-0.39, 0.29) is 29.1 Å². The molecule has 2 aromatic carbocycles. The maximum Gasteiger partial charge on any atom is 0.586 e. The van der Waals surface area contributed by atoms with E-state index in [1.165, 1.54) is 35.6 Å². The number of nitrogens with zero attached hydrogens (tertiary/aromatic N) is 2. The van der Waals surface area contributed by atoms with Crippen molar-refractivity contribution in [3.05, 3.63) is 64.5 Å². The van der Waals surface area contributed by atoms with Gasteiger partial charge in [-0.3, -0.25) is 4.79 Å². The van der Waals surface area contributed by atoms with E-state index in [0.717, 1.165) is 28.8 Å². The fourth-order valence-corrected chi connectivity index (χ4v) is 5.65. The number of ether oxygens (including phenoxy) is 2. The highest BCUT2D eigenvalue weighted by atomic mass is 32.1. The van der Waals surface area contributed by atoms with Crippen LogP contribution < -0.4 is 15.2 Å². The van der Waals surface area contributed by atoms with Gasteiger partial charge in [0.05, 0.1) is 9.88 Å². The van der Waals surface area contributed by atoms with Crippen LogP contribution in [0.25, 0.3) is 10.4 Å². The number of carboxylic acids is 1. The van der Waals surface area contributed by atoms with Crippen LogP contribution in [0.5, 0.6) is 11.5 Å². The van der Waals surface area contributed by atoms with Crippen LogP contribution in [0.4, 0.5) is 13.2 Å². The van der Waals surface area contributed by atoms with Gasteiger partial charge in [-0.25, -0.2) is 14.2 Å². The number of piperidine rings is 1. The number of hydrogen-bond acceptors (Lipinski definition) is 7. The van der Waals surface area contributed by atoms with E-state index in [0.29, 0.717) is 29.8 Å². The van der Waals surface area contributed by atoms with Gasteiger partial charge in [-0.15, -0.1) is 20.1 Å². The van der Waals surface area contributed by atoms with Crippen molar-refractivity contribution in [3.63, 3.8) is 0 Å². The molecule has 37 heavy (non-hydrogen) atoms. The van der Waals surface area contributed by atoms with Crippen LogP contribution in [0.3, 0.4) is 0 Å². The zero-order valence-electron chi connectivity index (χ0n) is 19.5. The molecule has 0 radical (unpaired) electrons. The summed E-state index contributed by atoms with van der Waals surface area (Å²) in [5.74, 6) is -1.82. The zero-order chi connectivity index (χ0) is 26.5. The number of rotatable bonds is 4. The van der Waals surface area contributed by atoms with Gasteiger partial charge in [0.1, 0.15) is 17.1 Å². The Labute approximate surface area is 213 Å². The van der Waals surface area contributed by atoms with Gasteiger partial charge in [-0.05, 0) is 55.5 Å². The Morgan fingerprint density at radius 2 is 1.97 bits per heavy atom. The molecule has 0 bridgehead atoms. The number of alkyl halides is 2. The van der Waals surface area contributed by atoms with Crippen molar-refractivity contribution >= 4 is 23.2 Å². The van der Waals surface area contributed by atoms with Crippen LogP contribution in [-0.2, 0) is 0 Å². The molecule has 3 aromatic rings. The molecule has 0 unspecified atom stereocenters. The molecule has 194 valence electrons. The number of aryl methyl sites for hydroxylation is 1. The molecule has 1 amide bonds. The Morgan fingerprint density at radius 3 is 2.68 bits per heavy atom. The molecule has 3 atom stereocenters. The summed E-state index contributed by atoms with van der Waals surface area (Å²) >= 11 is 1.43. The first kappa shape index (κ1) is 25.0. The molecular formula is C25H22F3N3O5S. The summed E-state index contributed by atoms with van der Waals surface area (Å²) in [5, 5.41) is 9.45. The van der Waals surface area contributed by atoms with Crippen LogP contribution in [0, 0.1) is 18.7 Å². The van der Waals surface area contributed by atoms with Crippen LogP contribution in [0.15, 0.2) is 42.5 Å². The number of aromatic nitrogens is 1. The number of benzene rings is 2. The molecule has 1 saturated heterocycles. The number of halogens is 3. The van der Waals surface area contributed by atoms with Crippen LogP contribution in [-0.4, -0.2) is 51.8 Å². The Balaban J connectivity index is 0.000000171. The average Bonchev–Trinajstić information content (AvgIpc) is 3.17. The molecule has 12 heteroatoms. The van der Waals surface area contributed by atoms with Crippen molar-refractivity contribution in [2.24, 2.45) is 11.7 Å². The van der Waals surface area contributed by atoms with E-state index in [1.807, 2.05) is 17.9 Å². The lowest BCUT2D eigenvalue weighted by molar-refractivity contribution is -0.286. The average molecular weight is 534 g/mol. The van der Waals surface area contributed by atoms with Crippen molar-refractivity contribution in [2.45, 2.75) is 38.1 Å². The van der Waals surface area contributed by atoms with Gasteiger partial charge in [0.15, 0.2) is 11.5 Å². The largest absolute Gasteiger partial charge is 0.586 e. The molecule has 6 rings (SSSR count). The van der Waals surface area contributed by atoms with E-state index in [9.17, 15) is 22.8 Å². The van der Waals surface area contributed by atoms with Crippen LogP contribution in [0.1, 0.15) is 38.7 Å². The summed E-state index contributed by atoms with van der Waals surface area (Å²) in [6.45, 7) is 2.35. The lowest BCUT2D eigenvalue weighted by Gasteiger charge is -2.26. The van der Waals surface area contributed by atoms with Gasteiger partial charge in [0.25, 0.3) is 5.91 Å². The fourth-order valence-electron chi connectivity index (χ4n) is 4.74. The maximum atomic E-state index is 13.6. The van der Waals surface area contributed by atoms with E-state index in [2.05, 4.69) is 14.5 Å². The van der Waals surface area contributed by atoms with Gasteiger partial charge >= 0.3 is 12.3 Å². The Kier molecular flexibility index (Phi) is 6.32. The Hall–Kier alpha value is -3.64. The van der Waals surface area contributed by atoms with E-state index in [4.69, 9.17) is 10.8 Å². The highest BCUT2D eigenvalue weighted by Gasteiger charge is 2.54. The predicted molar refractivity (Wildman–Crippen MR) is 127 cm³/mol. The number of para-hydroxylation sites is 1. The highest BCUT2D eigenvalue weighted by molar-refractivity contribution is 7.15. The monoisotopic (exact) mass is 533 g/mol. The van der Waals surface area contributed by atoms with Gasteiger partial charge in [-0.1, -0.05) is 18.2 Å². The molecule has 3 aliphatic rings. The second kappa shape index (κ2) is 9.34. The standard InChI is InChI=1S/C17H18FN3OS.C8H4F2O4/c1-9-20-15(16(23-9)10-3-2-4-12(18)5-10)17(22)21-13(8-19)6-11-7-14(11)21;9-8(10)13-5-3-1-2-4(7(11)12)6(5)14-8/h2-5,11,13-14H,6-8,19H2,1H3;1-3H,(H,11,12)/t11-,13+,14+;/m1./s1. The van der Waals surface area contributed by atoms with Crippen molar-refractivity contribution in [1.29, 1.82) is 0 Å². The highest BCUT2D eigenvalue weighted by Crippen LogP contribution is 2.48. The second-order valence-electron chi connectivity index (χ2n) is 8.93. The minimum absolute atomic E-state index is 0.0611. The quantitative estimate of drug-likeness (QED) is 0.507. The third-order valence-electron chi connectivity index (χ3n) is 6.40. The number of amides is 1. The van der Waals surface area contributed by atoms with Crippen molar-refractivity contribution in [2.75, 3.05) is 6.54 Å². The van der Waals surface area contributed by atoms with Crippen molar-refractivity contribution in [3.8, 4) is 21.9 Å². The van der Waals surface area contributed by atoms with Crippen LogP contribution in [0.2, 0.25) is 0 Å². The lowest BCUT2D eigenvalue weighted by atomic mass is 10.1. The molecule has 1 aliphatic carbocycles. The number of hydrogen-bond donors (Lipinski definition) is 2. The first-order valence-corrected chi connectivity index (χ1v) is 12.3. The van der Waals surface area contributed by atoms with E-state index in [1.54, 1.807) is 6.07 Å². The van der Waals surface area contributed by atoms with Crippen LogP contribution >= 0.6 is 11.3 Å². The van der Waals surface area contributed by atoms with E-state index >= 15 is 0 Å². The number of carboxylic acid groups (broad SMARTS) is 1. The number of carbonyl (C=O) groups excluding carboxylic acids is 1. The molecule has 0 spiro atoms. The van der Waals surface area contributed by atoms with Gasteiger partial charge < -0.3 is 25.2 Å². The number of thiazole rings is 1. The van der Waals surface area contributed by atoms with Gasteiger partial charge in [0.2, 0.25) is 0 Å². The SMILES string of the molecule is Cc1nc(C(=O)N2[C@H](CN)C[C@@H]3C[C@@H]32)c(-c2cccc(F)c2)s1.O=C(O)c1cccc2c1OC(F)(F)O2. The third kappa shape index (κ3) is 4.86. The number of fused-ring (bicyclic) bond motifs is 2. The number of aromatic carboxylic acids is 1. The van der Waals surface area contributed by atoms with Crippen molar-refractivity contribution < 1.29 is 37.3 Å². The molecule has 8 nitrogen and oxygen atoms in total. The fraction of sp³-hybridized carbons (Fsp3) is 0.320. The summed E-state index contributed by atoms with van der Waals surface area (Å²) in [6.07, 6.45) is -1.72. The number of nitrogens with two attached hydrogens (primary N) is 1. The second-order valence-corrected chi connectivity index (χ2v) is 10.1. The van der Waals surface area contributed by atoms with Gasteiger partial charge in [-0.2, -0.15) is 0 Å². The summed E-state index contributed by atoms with van der Waals surface area (Å²) in [7, 11) is 0. The smallest absolute Gasteiger partial charge is 0.478 e. The molecule has 3 N–H and O–H groups in total. The zero-order valence-corrected chi connectivity index (χ0v) is 20.3. The number of carbonyl (C=O) groups is 2. The molecule has 3 heterocycles. The maximum absolute atomic E-state index is 13.6. The summed E-state index contributed by atoms with van der Waals surface area (Å²) in [6, 6.07) is 10.4. The summed E-state index contributed by atoms with van der Waals surface area (Å²) < 4.78 is 46.8. The molecule has 1 aromatic heterocycles. The van der Waals surface area contributed by atoms with E-state index < -0.39 is 18.0 Å². The molecular weight excluding hydrogens is 511 g/mol. The van der Waals surface area contributed by atoms with Gasteiger partial charge in [0, 0.05) is 18.6 Å². The topological polar surface area (TPSA) is 115 Å².